The van der Waals surface area contributed by atoms with Gasteiger partial charge in [-0.2, -0.15) is 0 Å². The number of hydrogen-bond acceptors (Lipinski definition) is 5. The van der Waals surface area contributed by atoms with Gasteiger partial charge in [0.25, 0.3) is 0 Å². The Morgan fingerprint density at radius 1 is 0.317 bits per heavy atom. The maximum absolute atomic E-state index is 6.77. The lowest BCUT2D eigenvalue weighted by Gasteiger charge is -2.28. The van der Waals surface area contributed by atoms with Crippen molar-refractivity contribution in [1.29, 1.82) is 0 Å². The number of hydrogen-bond donors (Lipinski definition) is 0. The molecular formula is C55H36N4O. The molecule has 2 aromatic heterocycles. The fourth-order valence-electron chi connectivity index (χ4n) is 8.30. The molecule has 9 aromatic carbocycles. The van der Waals surface area contributed by atoms with E-state index in [0.717, 1.165) is 72.2 Å². The van der Waals surface area contributed by atoms with E-state index < -0.39 is 0 Å². The molecule has 0 radical (unpaired) electrons. The first-order chi connectivity index (χ1) is 29.7. The second-order valence-corrected chi connectivity index (χ2v) is 14.8. The first kappa shape index (κ1) is 35.0. The summed E-state index contributed by atoms with van der Waals surface area (Å²) in [6.07, 6.45) is 0. The van der Waals surface area contributed by atoms with E-state index in [2.05, 4.69) is 150 Å². The smallest absolute Gasteiger partial charge is 0.164 e. The zero-order chi connectivity index (χ0) is 39.8. The molecule has 0 unspecified atom stereocenters. The summed E-state index contributed by atoms with van der Waals surface area (Å²) in [5.41, 5.74) is 12.0. The standard InChI is InChI=1S/C55H36N4O/c1-5-17-37(18-6-1)41-25-15-26-42(35-41)59(49-34-33-44(38-19-7-2-8-20-38)45-27-13-14-28-46(45)49)43-31-32-47-51(36-43)60-50-30-16-29-48(52(47)50)55-57-53(39-21-9-3-10-22-39)56-54(58-55)40-23-11-4-12-24-40/h1-36H. The summed E-state index contributed by atoms with van der Waals surface area (Å²) in [4.78, 5) is 17.4. The van der Waals surface area contributed by atoms with E-state index in [1.165, 1.54) is 16.5 Å². The molecule has 0 bridgehead atoms. The van der Waals surface area contributed by atoms with Crippen molar-refractivity contribution in [2.75, 3.05) is 4.90 Å². The highest BCUT2D eigenvalue weighted by Gasteiger charge is 2.22. The van der Waals surface area contributed by atoms with Crippen molar-refractivity contribution in [3.05, 3.63) is 218 Å². The topological polar surface area (TPSA) is 55.1 Å². The molecule has 0 amide bonds. The van der Waals surface area contributed by atoms with Gasteiger partial charge in [-0.1, -0.05) is 176 Å². The molecule has 2 heterocycles. The van der Waals surface area contributed by atoms with Crippen molar-refractivity contribution < 1.29 is 4.42 Å². The first-order valence-corrected chi connectivity index (χ1v) is 20.1. The van der Waals surface area contributed by atoms with E-state index in [-0.39, 0.29) is 0 Å². The van der Waals surface area contributed by atoms with Gasteiger partial charge in [-0.25, -0.2) is 15.0 Å². The number of nitrogens with zero attached hydrogens (tertiary/aromatic N) is 4. The van der Waals surface area contributed by atoms with E-state index in [1.54, 1.807) is 0 Å². The van der Waals surface area contributed by atoms with Crippen LogP contribution >= 0.6 is 0 Å². The predicted octanol–water partition coefficient (Wildman–Crippen LogP) is 14.7. The van der Waals surface area contributed by atoms with Crippen molar-refractivity contribution in [3.8, 4) is 56.4 Å². The SMILES string of the molecule is c1ccc(-c2cccc(N(c3ccc4c(c3)oc3cccc(-c5nc(-c6ccccc6)nc(-c6ccccc6)n5)c34)c3ccc(-c4ccccc4)c4ccccc34)c2)cc1. The van der Waals surface area contributed by atoms with Crippen LogP contribution in [0.25, 0.3) is 89.1 Å². The van der Waals surface area contributed by atoms with E-state index in [9.17, 15) is 0 Å². The van der Waals surface area contributed by atoms with E-state index in [1.807, 2.05) is 72.8 Å². The van der Waals surface area contributed by atoms with Gasteiger partial charge in [-0.3, -0.25) is 0 Å². The van der Waals surface area contributed by atoms with Crippen LogP contribution in [0.1, 0.15) is 0 Å². The fourth-order valence-corrected chi connectivity index (χ4v) is 8.30. The molecule has 11 aromatic rings. The molecule has 0 saturated carbocycles. The van der Waals surface area contributed by atoms with Crippen molar-refractivity contribution >= 4 is 49.8 Å². The Morgan fingerprint density at radius 2 is 0.867 bits per heavy atom. The van der Waals surface area contributed by atoms with Crippen LogP contribution in [0.4, 0.5) is 17.1 Å². The second-order valence-electron chi connectivity index (χ2n) is 14.8. The molecule has 0 spiro atoms. The third-order valence-electron chi connectivity index (χ3n) is 11.1. The van der Waals surface area contributed by atoms with Gasteiger partial charge in [-0.15, -0.1) is 0 Å². The van der Waals surface area contributed by atoms with Crippen molar-refractivity contribution in [1.82, 2.24) is 15.0 Å². The summed E-state index contributed by atoms with van der Waals surface area (Å²) < 4.78 is 6.77. The van der Waals surface area contributed by atoms with Crippen LogP contribution < -0.4 is 4.90 Å². The van der Waals surface area contributed by atoms with Crippen molar-refractivity contribution in [2.24, 2.45) is 0 Å². The molecule has 0 saturated heterocycles. The van der Waals surface area contributed by atoms with Gasteiger partial charge in [0.2, 0.25) is 0 Å². The third-order valence-corrected chi connectivity index (χ3v) is 11.1. The average molecular weight is 769 g/mol. The lowest BCUT2D eigenvalue weighted by molar-refractivity contribution is 0.669. The second kappa shape index (κ2) is 15.0. The Balaban J connectivity index is 1.10. The Bertz CT molecular complexity index is 3250. The largest absolute Gasteiger partial charge is 0.456 e. The highest BCUT2D eigenvalue weighted by atomic mass is 16.3. The predicted molar refractivity (Wildman–Crippen MR) is 246 cm³/mol. The zero-order valence-electron chi connectivity index (χ0n) is 32.5. The molecule has 0 aliphatic heterocycles. The normalized spacial score (nSPS) is 11.3. The monoisotopic (exact) mass is 768 g/mol. The molecule has 0 fully saturated rings. The number of fused-ring (bicyclic) bond motifs is 4. The van der Waals surface area contributed by atoms with Crippen LogP contribution in [0.5, 0.6) is 0 Å². The number of aromatic nitrogens is 3. The first-order valence-electron chi connectivity index (χ1n) is 20.1. The fraction of sp³-hybridized carbons (Fsp3) is 0. The quantitative estimate of drug-likeness (QED) is 0.154. The van der Waals surface area contributed by atoms with Gasteiger partial charge in [0, 0.05) is 50.3 Å². The maximum atomic E-state index is 6.77. The van der Waals surface area contributed by atoms with E-state index >= 15 is 0 Å². The van der Waals surface area contributed by atoms with E-state index in [0.29, 0.717) is 17.5 Å². The summed E-state index contributed by atoms with van der Waals surface area (Å²) in [5.74, 6) is 1.82. The van der Waals surface area contributed by atoms with Crippen molar-refractivity contribution in [2.45, 2.75) is 0 Å². The molecule has 60 heavy (non-hydrogen) atoms. The molecule has 0 N–H and O–H groups in total. The minimum Gasteiger partial charge on any atom is -0.456 e. The highest BCUT2D eigenvalue weighted by molar-refractivity contribution is 6.13. The lowest BCUT2D eigenvalue weighted by atomic mass is 9.96. The minimum absolute atomic E-state index is 0.587. The van der Waals surface area contributed by atoms with Gasteiger partial charge in [0.05, 0.1) is 5.69 Å². The van der Waals surface area contributed by atoms with Crippen LogP contribution in [0.3, 0.4) is 0 Å². The summed E-state index contributed by atoms with van der Waals surface area (Å²) in [6.45, 7) is 0. The molecule has 0 aliphatic rings. The third kappa shape index (κ3) is 6.35. The molecule has 0 aliphatic carbocycles. The summed E-state index contributed by atoms with van der Waals surface area (Å²) >= 11 is 0. The van der Waals surface area contributed by atoms with Crippen LogP contribution in [-0.4, -0.2) is 15.0 Å². The molecular weight excluding hydrogens is 733 g/mol. The van der Waals surface area contributed by atoms with E-state index in [4.69, 9.17) is 19.4 Å². The molecule has 0 atom stereocenters. The number of furan rings is 1. The summed E-state index contributed by atoms with van der Waals surface area (Å²) in [7, 11) is 0. The minimum atomic E-state index is 0.587. The molecule has 11 rings (SSSR count). The summed E-state index contributed by atoms with van der Waals surface area (Å²) in [6, 6.07) is 75.9. The number of benzene rings is 9. The Morgan fingerprint density at radius 3 is 1.55 bits per heavy atom. The Labute approximate surface area is 347 Å². The Hall–Kier alpha value is -8.15. The molecule has 282 valence electrons. The summed E-state index contributed by atoms with van der Waals surface area (Å²) in [5, 5.41) is 4.27. The maximum Gasteiger partial charge on any atom is 0.164 e. The van der Waals surface area contributed by atoms with Gasteiger partial charge in [0.15, 0.2) is 17.5 Å². The van der Waals surface area contributed by atoms with Crippen LogP contribution in [0, 0.1) is 0 Å². The van der Waals surface area contributed by atoms with Gasteiger partial charge in [0.1, 0.15) is 11.2 Å². The van der Waals surface area contributed by atoms with Crippen LogP contribution in [0.15, 0.2) is 223 Å². The number of anilines is 3. The molecule has 5 nitrogen and oxygen atoms in total. The van der Waals surface area contributed by atoms with Gasteiger partial charge >= 0.3 is 0 Å². The lowest BCUT2D eigenvalue weighted by Crippen LogP contribution is -2.10. The highest BCUT2D eigenvalue weighted by Crippen LogP contribution is 2.45. The van der Waals surface area contributed by atoms with Gasteiger partial charge < -0.3 is 9.32 Å². The van der Waals surface area contributed by atoms with Crippen molar-refractivity contribution in [3.63, 3.8) is 0 Å². The van der Waals surface area contributed by atoms with Gasteiger partial charge in [-0.05, 0) is 64.0 Å². The molecule has 5 heteroatoms. The Kier molecular flexibility index (Phi) is 8.75. The van der Waals surface area contributed by atoms with Crippen LogP contribution in [0.2, 0.25) is 0 Å². The number of rotatable bonds is 8. The van der Waals surface area contributed by atoms with Crippen LogP contribution in [-0.2, 0) is 0 Å². The average Bonchev–Trinajstić information content (AvgIpc) is 3.71. The zero-order valence-corrected chi connectivity index (χ0v) is 32.5.